The van der Waals surface area contributed by atoms with Crippen molar-refractivity contribution in [2.24, 2.45) is 23.7 Å². The first-order valence-electron chi connectivity index (χ1n) is 12.7. The van der Waals surface area contributed by atoms with Gasteiger partial charge in [0.1, 0.15) is 18.3 Å². The summed E-state index contributed by atoms with van der Waals surface area (Å²) in [4.78, 5) is 13.1. The topological polar surface area (TPSA) is 115 Å². The van der Waals surface area contributed by atoms with Crippen LogP contribution < -0.4 is 0 Å². The van der Waals surface area contributed by atoms with E-state index in [1.54, 1.807) is 41.5 Å². The third-order valence-corrected chi connectivity index (χ3v) is 7.84. The minimum atomic E-state index is -1.52. The van der Waals surface area contributed by atoms with Crippen molar-refractivity contribution in [3.63, 3.8) is 0 Å². The molecular weight excluding hydrogens is 452 g/mol. The highest BCUT2D eigenvalue weighted by molar-refractivity contribution is 5.73. The highest BCUT2D eigenvalue weighted by atomic mass is 16.7. The molecule has 2 bridgehead atoms. The number of carbonyl (C=O) groups excluding carboxylic acids is 1. The van der Waals surface area contributed by atoms with Crippen molar-refractivity contribution in [2.75, 3.05) is 6.61 Å². The van der Waals surface area contributed by atoms with Crippen LogP contribution in [0.25, 0.3) is 0 Å². The molecule has 0 radical (unpaired) electrons. The van der Waals surface area contributed by atoms with E-state index >= 15 is 0 Å². The van der Waals surface area contributed by atoms with Gasteiger partial charge in [-0.1, -0.05) is 33.6 Å². The molecule has 0 amide bonds. The van der Waals surface area contributed by atoms with E-state index in [1.807, 2.05) is 20.8 Å². The molecule has 0 aromatic heterocycles. The molecule has 0 saturated carbocycles. The highest BCUT2D eigenvalue weighted by Gasteiger charge is 2.55. The Balaban J connectivity index is 2.61. The number of terminal acetylenes is 1. The summed E-state index contributed by atoms with van der Waals surface area (Å²) in [5, 5.41) is 34.4. The average Bonchev–Trinajstić information content (AvgIpc) is 2.76. The Kier molecular flexibility index (Phi) is 9.47. The summed E-state index contributed by atoms with van der Waals surface area (Å²) >= 11 is 0. The smallest absolute Gasteiger partial charge is 0.311 e. The van der Waals surface area contributed by atoms with Crippen molar-refractivity contribution < 1.29 is 39.1 Å². The minimum absolute atomic E-state index is 0.0505. The molecule has 0 aromatic carbocycles. The molecule has 0 spiro atoms. The zero-order valence-corrected chi connectivity index (χ0v) is 22.8. The summed E-state index contributed by atoms with van der Waals surface area (Å²) in [7, 11) is 0. The second kappa shape index (κ2) is 11.0. The fraction of sp³-hybridized carbons (Fsp3) is 0.889. The first kappa shape index (κ1) is 30.0. The van der Waals surface area contributed by atoms with Gasteiger partial charge < -0.3 is 34.3 Å². The molecule has 1 unspecified atom stereocenters. The van der Waals surface area contributed by atoms with Crippen LogP contribution in [0.3, 0.4) is 0 Å². The van der Waals surface area contributed by atoms with Crippen LogP contribution in [0, 0.1) is 36.0 Å². The Labute approximate surface area is 210 Å². The lowest BCUT2D eigenvalue weighted by atomic mass is 9.72. The molecule has 3 N–H and O–H groups in total. The van der Waals surface area contributed by atoms with E-state index < -0.39 is 59.2 Å². The van der Waals surface area contributed by atoms with Crippen molar-refractivity contribution in [1.29, 1.82) is 0 Å². The Bertz CT molecular complexity index is 770. The second-order valence-corrected chi connectivity index (χ2v) is 11.6. The maximum atomic E-state index is 13.1. The molecule has 0 aromatic rings. The molecule has 2 fully saturated rings. The zero-order chi connectivity index (χ0) is 26.9. The molecule has 8 heteroatoms. The predicted octanol–water partition coefficient (Wildman–Crippen LogP) is 2.66. The van der Waals surface area contributed by atoms with Gasteiger partial charge in [0.05, 0.1) is 35.9 Å². The van der Waals surface area contributed by atoms with Crippen molar-refractivity contribution in [3.8, 4) is 12.3 Å². The van der Waals surface area contributed by atoms with Crippen LogP contribution in [-0.4, -0.2) is 75.4 Å². The van der Waals surface area contributed by atoms with Gasteiger partial charge in [-0.15, -0.1) is 6.42 Å². The van der Waals surface area contributed by atoms with E-state index in [2.05, 4.69) is 5.92 Å². The Morgan fingerprint density at radius 1 is 1.09 bits per heavy atom. The number of hydrogen-bond donors (Lipinski definition) is 3. The molecule has 2 rings (SSSR count). The van der Waals surface area contributed by atoms with Gasteiger partial charge in [-0.2, -0.15) is 0 Å². The number of hydrogen-bond acceptors (Lipinski definition) is 8. The van der Waals surface area contributed by atoms with Gasteiger partial charge in [-0.3, -0.25) is 4.79 Å². The van der Waals surface area contributed by atoms with Crippen LogP contribution >= 0.6 is 0 Å². The van der Waals surface area contributed by atoms with Crippen molar-refractivity contribution in [3.05, 3.63) is 0 Å². The molecule has 2 aliphatic rings. The van der Waals surface area contributed by atoms with Crippen LogP contribution in [0.2, 0.25) is 0 Å². The van der Waals surface area contributed by atoms with Gasteiger partial charge in [0, 0.05) is 11.8 Å². The van der Waals surface area contributed by atoms with E-state index in [1.165, 1.54) is 0 Å². The van der Waals surface area contributed by atoms with Gasteiger partial charge >= 0.3 is 5.97 Å². The number of aliphatic hydroxyl groups excluding tert-OH is 1. The van der Waals surface area contributed by atoms with Crippen LogP contribution in [-0.2, 0) is 23.7 Å². The molecule has 202 valence electrons. The van der Waals surface area contributed by atoms with Gasteiger partial charge in [0.2, 0.25) is 0 Å². The number of aliphatic hydroxyl groups is 3. The summed E-state index contributed by atoms with van der Waals surface area (Å²) in [5.41, 5.74) is -2.93. The lowest BCUT2D eigenvalue weighted by Gasteiger charge is -2.53. The van der Waals surface area contributed by atoms with E-state index in [0.717, 1.165) is 0 Å². The number of esters is 1. The Morgan fingerprint density at radius 3 is 2.23 bits per heavy atom. The van der Waals surface area contributed by atoms with Crippen LogP contribution in [0.1, 0.15) is 75.2 Å². The lowest BCUT2D eigenvalue weighted by Crippen LogP contribution is -2.64. The first-order valence-corrected chi connectivity index (χ1v) is 12.7. The monoisotopic (exact) mass is 498 g/mol. The molecule has 2 heterocycles. The number of ether oxygens (including phenoxy) is 4. The number of cyclic esters (lactones) is 1. The fourth-order valence-electron chi connectivity index (χ4n) is 6.07. The van der Waals surface area contributed by atoms with Gasteiger partial charge in [0.15, 0.2) is 5.79 Å². The standard InChI is InChI=1S/C27H46O8/c1-11-13-32-22-16(4)20(28)17(5)24(29)33-19(12-2)27(10,31)23-18(6)21(34-25(7,8)35-23)15(3)14-26(22,9)30/h1,15-23,28,30-31H,12-14H2,2-10H3/t15-,16+,17-,18+,19?,20+,21+,22-,23-,26-,27-/m1/s1. The Hall–Kier alpha value is -1.21. The van der Waals surface area contributed by atoms with Crippen molar-refractivity contribution >= 4 is 5.97 Å². The second-order valence-electron chi connectivity index (χ2n) is 11.6. The summed E-state index contributed by atoms with van der Waals surface area (Å²) in [5.74, 6) is -1.27. The van der Waals surface area contributed by atoms with Crippen LogP contribution in [0.4, 0.5) is 0 Å². The van der Waals surface area contributed by atoms with E-state index in [9.17, 15) is 20.1 Å². The highest BCUT2D eigenvalue weighted by Crippen LogP contribution is 2.43. The van der Waals surface area contributed by atoms with E-state index in [4.69, 9.17) is 25.4 Å². The molecule has 35 heavy (non-hydrogen) atoms. The summed E-state index contributed by atoms with van der Waals surface area (Å²) in [6.07, 6.45) is 2.06. The maximum Gasteiger partial charge on any atom is 0.311 e. The maximum absolute atomic E-state index is 13.1. The van der Waals surface area contributed by atoms with E-state index in [-0.39, 0.29) is 31.0 Å². The normalized spacial score (nSPS) is 47.3. The molecule has 2 aliphatic heterocycles. The zero-order valence-electron chi connectivity index (χ0n) is 22.8. The molecule has 2 saturated heterocycles. The lowest BCUT2D eigenvalue weighted by molar-refractivity contribution is -0.359. The third-order valence-electron chi connectivity index (χ3n) is 7.84. The van der Waals surface area contributed by atoms with Crippen molar-refractivity contribution in [1.82, 2.24) is 0 Å². The average molecular weight is 499 g/mol. The summed E-state index contributed by atoms with van der Waals surface area (Å²) in [6, 6.07) is 0. The molecular formula is C27H46O8. The fourth-order valence-corrected chi connectivity index (χ4v) is 6.07. The molecule has 0 aliphatic carbocycles. The first-order chi connectivity index (χ1) is 16.0. The quantitative estimate of drug-likeness (QED) is 0.402. The van der Waals surface area contributed by atoms with Crippen LogP contribution in [0.15, 0.2) is 0 Å². The minimum Gasteiger partial charge on any atom is -0.459 e. The van der Waals surface area contributed by atoms with Gasteiger partial charge in [-0.05, 0) is 53.4 Å². The SMILES string of the molecule is C#CCO[C@@H]1[C@@H](C)[C@H](O)[C@@H](C)C(=O)OC(CC)[C@@](C)(O)[C@@H]2OC(C)(C)O[C@H]([C@@H]2C)[C@H](C)C[C@@]1(C)O. The summed E-state index contributed by atoms with van der Waals surface area (Å²) in [6.45, 7) is 15.8. The summed E-state index contributed by atoms with van der Waals surface area (Å²) < 4.78 is 24.2. The predicted molar refractivity (Wildman–Crippen MR) is 131 cm³/mol. The van der Waals surface area contributed by atoms with Gasteiger partial charge in [-0.25, -0.2) is 0 Å². The van der Waals surface area contributed by atoms with Crippen molar-refractivity contribution in [2.45, 2.75) is 123 Å². The number of rotatable bonds is 3. The number of carbonyl (C=O) groups is 1. The largest absolute Gasteiger partial charge is 0.459 e. The van der Waals surface area contributed by atoms with Crippen LogP contribution in [0.5, 0.6) is 0 Å². The molecule has 8 nitrogen and oxygen atoms in total. The Morgan fingerprint density at radius 2 is 1.69 bits per heavy atom. The number of fused-ring (bicyclic) bond motifs is 2. The van der Waals surface area contributed by atoms with E-state index in [0.29, 0.717) is 6.42 Å². The third kappa shape index (κ3) is 6.38. The molecule has 11 atom stereocenters. The van der Waals surface area contributed by atoms with Gasteiger partial charge in [0.25, 0.3) is 0 Å².